The summed E-state index contributed by atoms with van der Waals surface area (Å²) in [6.07, 6.45) is 6.83. The minimum Gasteiger partial charge on any atom is -0.487 e. The van der Waals surface area contributed by atoms with Crippen LogP contribution in [0.4, 0.5) is 4.39 Å². The van der Waals surface area contributed by atoms with E-state index in [-0.39, 0.29) is 11.9 Å². The average molecular weight is 275 g/mol. The van der Waals surface area contributed by atoms with Crippen LogP contribution in [0.25, 0.3) is 0 Å². The van der Waals surface area contributed by atoms with Crippen molar-refractivity contribution in [2.75, 3.05) is 0 Å². The minimum atomic E-state index is -0.262. The van der Waals surface area contributed by atoms with Crippen LogP contribution in [0, 0.1) is 29.5 Å². The van der Waals surface area contributed by atoms with E-state index in [0.29, 0.717) is 24.1 Å². The number of hydrogen-bond donors (Lipinski definition) is 1. The highest BCUT2D eigenvalue weighted by Crippen LogP contribution is 2.54. The van der Waals surface area contributed by atoms with E-state index < -0.39 is 0 Å². The van der Waals surface area contributed by atoms with Crippen LogP contribution in [0.15, 0.2) is 18.2 Å². The van der Waals surface area contributed by atoms with Crippen molar-refractivity contribution < 1.29 is 9.13 Å². The molecule has 0 spiro atoms. The van der Waals surface area contributed by atoms with Crippen molar-refractivity contribution in [3.63, 3.8) is 0 Å². The van der Waals surface area contributed by atoms with E-state index in [2.05, 4.69) is 0 Å². The van der Waals surface area contributed by atoms with Gasteiger partial charge in [-0.2, -0.15) is 0 Å². The number of hydrogen-bond acceptors (Lipinski definition) is 2. The summed E-state index contributed by atoms with van der Waals surface area (Å²) >= 11 is 0. The summed E-state index contributed by atoms with van der Waals surface area (Å²) in [6.45, 7) is 0.370. The second-order valence-corrected chi connectivity index (χ2v) is 6.98. The molecule has 4 aliphatic rings. The molecule has 1 aromatic rings. The molecule has 0 aromatic heterocycles. The third kappa shape index (κ3) is 2.03. The lowest BCUT2D eigenvalue weighted by Gasteiger charge is -2.53. The lowest BCUT2D eigenvalue weighted by Crippen LogP contribution is -2.50. The van der Waals surface area contributed by atoms with Crippen LogP contribution in [0.1, 0.15) is 37.7 Å². The summed E-state index contributed by atoms with van der Waals surface area (Å²) in [6, 6.07) is 5.13. The summed E-state index contributed by atoms with van der Waals surface area (Å²) < 4.78 is 20.2. The highest BCUT2D eigenvalue weighted by molar-refractivity contribution is 5.29. The third-order valence-corrected chi connectivity index (χ3v) is 5.64. The molecule has 3 heteroatoms. The Morgan fingerprint density at radius 2 is 1.70 bits per heavy atom. The molecule has 4 bridgehead atoms. The van der Waals surface area contributed by atoms with E-state index in [0.717, 1.165) is 17.4 Å². The van der Waals surface area contributed by atoms with Gasteiger partial charge >= 0.3 is 0 Å². The molecule has 108 valence electrons. The minimum absolute atomic E-state index is 0.237. The van der Waals surface area contributed by atoms with Gasteiger partial charge < -0.3 is 10.5 Å². The van der Waals surface area contributed by atoms with E-state index in [1.165, 1.54) is 38.2 Å². The molecule has 5 rings (SSSR count). The Labute approximate surface area is 119 Å². The van der Waals surface area contributed by atoms with Crippen molar-refractivity contribution in [1.29, 1.82) is 0 Å². The first kappa shape index (κ1) is 12.6. The molecule has 4 aliphatic carbocycles. The number of halogens is 1. The van der Waals surface area contributed by atoms with Crippen LogP contribution in [0.5, 0.6) is 5.75 Å². The molecule has 20 heavy (non-hydrogen) atoms. The van der Waals surface area contributed by atoms with Crippen LogP contribution < -0.4 is 10.5 Å². The molecule has 2 N–H and O–H groups in total. The molecule has 0 atom stereocenters. The Balaban J connectivity index is 1.54. The number of nitrogens with two attached hydrogens (primary N) is 1. The highest BCUT2D eigenvalue weighted by Gasteiger charge is 2.49. The van der Waals surface area contributed by atoms with Gasteiger partial charge in [-0.3, -0.25) is 0 Å². The molecular weight excluding hydrogens is 253 g/mol. The van der Waals surface area contributed by atoms with Crippen molar-refractivity contribution in [1.82, 2.24) is 0 Å². The molecule has 0 unspecified atom stereocenters. The van der Waals surface area contributed by atoms with E-state index in [4.69, 9.17) is 10.5 Å². The van der Waals surface area contributed by atoms with E-state index >= 15 is 0 Å². The van der Waals surface area contributed by atoms with Crippen molar-refractivity contribution >= 4 is 0 Å². The SMILES string of the molecule is NCc1ccc(OC2C3CC4CC(C3)CC2C4)c(F)c1. The smallest absolute Gasteiger partial charge is 0.165 e. The van der Waals surface area contributed by atoms with Gasteiger partial charge in [0, 0.05) is 6.54 Å². The molecule has 2 nitrogen and oxygen atoms in total. The maximum atomic E-state index is 14.1. The number of benzene rings is 1. The Bertz CT molecular complexity index is 488. The molecule has 4 fully saturated rings. The molecule has 0 heterocycles. The molecular formula is C17H22FNO. The summed E-state index contributed by atoms with van der Waals surface area (Å²) in [4.78, 5) is 0. The second-order valence-electron chi connectivity index (χ2n) is 6.98. The van der Waals surface area contributed by atoms with Crippen LogP contribution >= 0.6 is 0 Å². The largest absolute Gasteiger partial charge is 0.487 e. The van der Waals surface area contributed by atoms with Gasteiger partial charge in [-0.15, -0.1) is 0 Å². The standard InChI is InChI=1S/C17H22FNO/c18-15-8-10(9-19)1-2-16(15)20-17-13-4-11-3-12(6-13)7-14(17)5-11/h1-2,8,11-14,17H,3-7,9,19H2. The van der Waals surface area contributed by atoms with E-state index in [1.54, 1.807) is 6.07 Å². The monoisotopic (exact) mass is 275 g/mol. The zero-order valence-electron chi connectivity index (χ0n) is 11.7. The predicted molar refractivity (Wildman–Crippen MR) is 75.8 cm³/mol. The summed E-state index contributed by atoms with van der Waals surface area (Å²) in [7, 11) is 0. The average Bonchev–Trinajstić information content (AvgIpc) is 2.43. The maximum Gasteiger partial charge on any atom is 0.165 e. The molecule has 0 radical (unpaired) electrons. The normalized spacial score (nSPS) is 38.2. The fourth-order valence-corrected chi connectivity index (χ4v) is 4.98. The fourth-order valence-electron chi connectivity index (χ4n) is 4.98. The van der Waals surface area contributed by atoms with Gasteiger partial charge in [0.1, 0.15) is 6.10 Å². The lowest BCUT2D eigenvalue weighted by atomic mass is 9.55. The quantitative estimate of drug-likeness (QED) is 0.916. The summed E-state index contributed by atoms with van der Waals surface area (Å²) in [5.74, 6) is 3.30. The maximum absolute atomic E-state index is 14.1. The zero-order chi connectivity index (χ0) is 13.7. The zero-order valence-corrected chi connectivity index (χ0v) is 11.7. The van der Waals surface area contributed by atoms with Gasteiger partial charge in [-0.25, -0.2) is 4.39 Å². The molecule has 0 amide bonds. The Kier molecular flexibility index (Phi) is 2.99. The number of rotatable bonds is 3. The van der Waals surface area contributed by atoms with Gasteiger partial charge in [0.2, 0.25) is 0 Å². The Morgan fingerprint density at radius 3 is 2.25 bits per heavy atom. The number of ether oxygens (including phenoxy) is 1. The van der Waals surface area contributed by atoms with Gasteiger partial charge in [-0.05, 0) is 73.5 Å². The Morgan fingerprint density at radius 1 is 1.05 bits per heavy atom. The van der Waals surface area contributed by atoms with E-state index in [1.807, 2.05) is 6.07 Å². The third-order valence-electron chi connectivity index (χ3n) is 5.64. The Hall–Kier alpha value is -1.09. The highest BCUT2D eigenvalue weighted by atomic mass is 19.1. The summed E-state index contributed by atoms with van der Waals surface area (Å²) in [5, 5.41) is 0. The van der Waals surface area contributed by atoms with Gasteiger partial charge in [0.25, 0.3) is 0 Å². The first-order valence-corrected chi connectivity index (χ1v) is 7.88. The van der Waals surface area contributed by atoms with Crippen LogP contribution in [0.3, 0.4) is 0 Å². The van der Waals surface area contributed by atoms with E-state index in [9.17, 15) is 4.39 Å². The van der Waals surface area contributed by atoms with Crippen molar-refractivity contribution in [3.8, 4) is 5.75 Å². The van der Waals surface area contributed by atoms with Gasteiger partial charge in [0.05, 0.1) is 0 Å². The van der Waals surface area contributed by atoms with Crippen molar-refractivity contribution in [2.45, 2.75) is 44.8 Å². The van der Waals surface area contributed by atoms with Crippen LogP contribution in [-0.4, -0.2) is 6.10 Å². The molecule has 0 saturated heterocycles. The topological polar surface area (TPSA) is 35.2 Å². The summed E-state index contributed by atoms with van der Waals surface area (Å²) in [5.41, 5.74) is 6.36. The molecule has 0 aliphatic heterocycles. The molecule has 1 aromatic carbocycles. The first-order valence-electron chi connectivity index (χ1n) is 7.88. The van der Waals surface area contributed by atoms with Gasteiger partial charge in [-0.1, -0.05) is 6.07 Å². The van der Waals surface area contributed by atoms with Crippen LogP contribution in [-0.2, 0) is 6.54 Å². The van der Waals surface area contributed by atoms with Gasteiger partial charge in [0.15, 0.2) is 11.6 Å². The lowest BCUT2D eigenvalue weighted by molar-refractivity contribution is -0.0801. The van der Waals surface area contributed by atoms with Crippen LogP contribution in [0.2, 0.25) is 0 Å². The van der Waals surface area contributed by atoms with Crippen molar-refractivity contribution in [2.24, 2.45) is 29.4 Å². The fraction of sp³-hybridized carbons (Fsp3) is 0.647. The predicted octanol–water partition coefficient (Wildman–Crippen LogP) is 3.49. The first-order chi connectivity index (χ1) is 9.72. The molecule has 4 saturated carbocycles. The second kappa shape index (κ2) is 4.73. The van der Waals surface area contributed by atoms with Crippen molar-refractivity contribution in [3.05, 3.63) is 29.6 Å².